The lowest BCUT2D eigenvalue weighted by atomic mass is 10.1. The topological polar surface area (TPSA) is 27.1 Å². The molecular formula is C10H18N2O. The summed E-state index contributed by atoms with van der Waals surface area (Å²) in [7, 11) is 1.67. The van der Waals surface area contributed by atoms with E-state index in [1.807, 2.05) is 4.68 Å². The van der Waals surface area contributed by atoms with Crippen molar-refractivity contribution in [3.05, 3.63) is 11.8 Å². The molecule has 0 aliphatic carbocycles. The van der Waals surface area contributed by atoms with Gasteiger partial charge >= 0.3 is 0 Å². The lowest BCUT2D eigenvalue weighted by Gasteiger charge is -2.02. The molecule has 0 fully saturated rings. The van der Waals surface area contributed by atoms with E-state index >= 15 is 0 Å². The highest BCUT2D eigenvalue weighted by Gasteiger charge is 2.13. The number of aromatic nitrogens is 2. The second-order valence-corrected chi connectivity index (χ2v) is 3.82. The standard InChI is InChI=1S/C10H18N2O/c1-7(2)9-6-12(8(3)4)11-10(9)13-5/h6-8H,1-5H3. The average molecular weight is 182 g/mol. The summed E-state index contributed by atoms with van der Waals surface area (Å²) in [6.07, 6.45) is 2.06. The van der Waals surface area contributed by atoms with Crippen LogP contribution in [-0.2, 0) is 0 Å². The second-order valence-electron chi connectivity index (χ2n) is 3.82. The van der Waals surface area contributed by atoms with Crippen LogP contribution < -0.4 is 4.74 Å². The van der Waals surface area contributed by atoms with Gasteiger partial charge in [-0.15, -0.1) is 5.10 Å². The Balaban J connectivity index is 3.04. The van der Waals surface area contributed by atoms with Crippen molar-refractivity contribution in [2.24, 2.45) is 0 Å². The van der Waals surface area contributed by atoms with E-state index in [9.17, 15) is 0 Å². The van der Waals surface area contributed by atoms with Crippen LogP contribution in [0, 0.1) is 0 Å². The minimum Gasteiger partial charge on any atom is -0.480 e. The first-order chi connectivity index (χ1) is 6.06. The Kier molecular flexibility index (Phi) is 2.96. The van der Waals surface area contributed by atoms with Gasteiger partial charge in [-0.3, -0.25) is 4.68 Å². The molecule has 0 N–H and O–H groups in total. The quantitative estimate of drug-likeness (QED) is 0.718. The molecule has 1 aromatic rings. The lowest BCUT2D eigenvalue weighted by Crippen LogP contribution is -2.00. The largest absolute Gasteiger partial charge is 0.480 e. The molecule has 0 radical (unpaired) electrons. The van der Waals surface area contributed by atoms with Crippen molar-refractivity contribution in [1.82, 2.24) is 9.78 Å². The van der Waals surface area contributed by atoms with E-state index in [1.54, 1.807) is 7.11 Å². The van der Waals surface area contributed by atoms with E-state index < -0.39 is 0 Å². The van der Waals surface area contributed by atoms with Crippen LogP contribution in [0.3, 0.4) is 0 Å². The van der Waals surface area contributed by atoms with Gasteiger partial charge in [0.1, 0.15) is 0 Å². The van der Waals surface area contributed by atoms with Gasteiger partial charge in [0.05, 0.1) is 7.11 Å². The molecule has 1 rings (SSSR count). The molecule has 0 unspecified atom stereocenters. The zero-order valence-corrected chi connectivity index (χ0v) is 9.03. The first-order valence-electron chi connectivity index (χ1n) is 4.69. The Morgan fingerprint density at radius 3 is 2.23 bits per heavy atom. The molecule has 3 nitrogen and oxygen atoms in total. The van der Waals surface area contributed by atoms with E-state index in [0.29, 0.717) is 12.0 Å². The van der Waals surface area contributed by atoms with Crippen molar-refractivity contribution >= 4 is 0 Å². The van der Waals surface area contributed by atoms with Crippen LogP contribution in [0.25, 0.3) is 0 Å². The third-order valence-corrected chi connectivity index (χ3v) is 2.07. The van der Waals surface area contributed by atoms with Gasteiger partial charge in [0, 0.05) is 17.8 Å². The molecule has 0 bridgehead atoms. The number of ether oxygens (including phenoxy) is 1. The van der Waals surface area contributed by atoms with Crippen LogP contribution in [0.15, 0.2) is 6.20 Å². The first-order valence-corrected chi connectivity index (χ1v) is 4.69. The maximum Gasteiger partial charge on any atom is 0.235 e. The van der Waals surface area contributed by atoms with Crippen LogP contribution in [0.2, 0.25) is 0 Å². The van der Waals surface area contributed by atoms with Crippen LogP contribution in [0.5, 0.6) is 5.88 Å². The molecule has 0 aliphatic heterocycles. The predicted molar refractivity (Wildman–Crippen MR) is 53.3 cm³/mol. The van der Waals surface area contributed by atoms with E-state index in [1.165, 1.54) is 5.56 Å². The van der Waals surface area contributed by atoms with Gasteiger partial charge in [0.25, 0.3) is 0 Å². The van der Waals surface area contributed by atoms with Crippen LogP contribution >= 0.6 is 0 Å². The molecule has 3 heteroatoms. The van der Waals surface area contributed by atoms with Gasteiger partial charge in [-0.1, -0.05) is 13.8 Å². The van der Waals surface area contributed by atoms with E-state index in [-0.39, 0.29) is 0 Å². The zero-order chi connectivity index (χ0) is 10.0. The maximum absolute atomic E-state index is 5.21. The zero-order valence-electron chi connectivity index (χ0n) is 9.03. The summed E-state index contributed by atoms with van der Waals surface area (Å²) < 4.78 is 7.14. The number of hydrogen-bond donors (Lipinski definition) is 0. The molecule has 1 heterocycles. The van der Waals surface area contributed by atoms with Crippen molar-refractivity contribution in [3.8, 4) is 5.88 Å². The molecule has 74 valence electrons. The van der Waals surface area contributed by atoms with Crippen LogP contribution in [0.1, 0.15) is 45.2 Å². The average Bonchev–Trinajstić information content (AvgIpc) is 2.47. The minimum absolute atomic E-state index is 0.390. The molecule has 0 saturated carbocycles. The molecule has 0 aliphatic rings. The van der Waals surface area contributed by atoms with Crippen molar-refractivity contribution in [2.45, 2.75) is 39.7 Å². The summed E-state index contributed by atoms with van der Waals surface area (Å²) in [6.45, 7) is 8.50. The van der Waals surface area contributed by atoms with Crippen molar-refractivity contribution in [2.75, 3.05) is 7.11 Å². The summed E-state index contributed by atoms with van der Waals surface area (Å²) in [5.74, 6) is 1.21. The smallest absolute Gasteiger partial charge is 0.235 e. The molecule has 0 atom stereocenters. The summed E-state index contributed by atoms with van der Waals surface area (Å²) in [4.78, 5) is 0. The van der Waals surface area contributed by atoms with Gasteiger partial charge < -0.3 is 4.74 Å². The molecule has 0 spiro atoms. The van der Waals surface area contributed by atoms with Gasteiger partial charge in [-0.2, -0.15) is 0 Å². The van der Waals surface area contributed by atoms with E-state index in [4.69, 9.17) is 4.74 Å². The first kappa shape index (κ1) is 10.1. The maximum atomic E-state index is 5.21. The summed E-state index contributed by atoms with van der Waals surface area (Å²) in [6, 6.07) is 0.390. The highest BCUT2D eigenvalue weighted by Crippen LogP contribution is 2.25. The van der Waals surface area contributed by atoms with Gasteiger partial charge in [0.15, 0.2) is 0 Å². The van der Waals surface area contributed by atoms with Gasteiger partial charge in [-0.05, 0) is 19.8 Å². The Labute approximate surface area is 79.7 Å². The summed E-state index contributed by atoms with van der Waals surface area (Å²) in [5.41, 5.74) is 1.18. The van der Waals surface area contributed by atoms with Crippen molar-refractivity contribution in [3.63, 3.8) is 0 Å². The Hall–Kier alpha value is -0.990. The van der Waals surface area contributed by atoms with E-state index in [2.05, 4.69) is 39.0 Å². The fraction of sp³-hybridized carbons (Fsp3) is 0.700. The Bertz CT molecular complexity index is 276. The number of methoxy groups -OCH3 is 1. The summed E-state index contributed by atoms with van der Waals surface area (Å²) in [5, 5.41) is 4.34. The van der Waals surface area contributed by atoms with Crippen LogP contribution in [0.4, 0.5) is 0 Å². The van der Waals surface area contributed by atoms with Crippen molar-refractivity contribution < 1.29 is 4.74 Å². The number of nitrogens with zero attached hydrogens (tertiary/aromatic N) is 2. The molecule has 1 aromatic heterocycles. The normalized spacial score (nSPS) is 11.3. The Morgan fingerprint density at radius 1 is 1.31 bits per heavy atom. The van der Waals surface area contributed by atoms with Gasteiger partial charge in [-0.25, -0.2) is 0 Å². The lowest BCUT2D eigenvalue weighted by molar-refractivity contribution is 0.378. The highest BCUT2D eigenvalue weighted by molar-refractivity contribution is 5.26. The van der Waals surface area contributed by atoms with Crippen molar-refractivity contribution in [1.29, 1.82) is 0 Å². The monoisotopic (exact) mass is 182 g/mol. The second kappa shape index (κ2) is 3.81. The number of hydrogen-bond acceptors (Lipinski definition) is 2. The molecular weight excluding hydrogens is 164 g/mol. The van der Waals surface area contributed by atoms with Gasteiger partial charge in [0.2, 0.25) is 5.88 Å². The third-order valence-electron chi connectivity index (χ3n) is 2.07. The fourth-order valence-corrected chi connectivity index (χ4v) is 1.21. The molecule has 0 aromatic carbocycles. The molecule has 0 saturated heterocycles. The number of rotatable bonds is 3. The predicted octanol–water partition coefficient (Wildman–Crippen LogP) is 2.60. The van der Waals surface area contributed by atoms with Crippen LogP contribution in [-0.4, -0.2) is 16.9 Å². The minimum atomic E-state index is 0.390. The van der Waals surface area contributed by atoms with E-state index in [0.717, 1.165) is 5.88 Å². The third kappa shape index (κ3) is 2.02. The fourth-order valence-electron chi connectivity index (χ4n) is 1.21. The summed E-state index contributed by atoms with van der Waals surface area (Å²) >= 11 is 0. The SMILES string of the molecule is COc1nn(C(C)C)cc1C(C)C. The Morgan fingerprint density at radius 2 is 1.92 bits per heavy atom. The molecule has 0 amide bonds. The molecule has 13 heavy (non-hydrogen) atoms. The highest BCUT2D eigenvalue weighted by atomic mass is 16.5.